The van der Waals surface area contributed by atoms with Crippen LogP contribution in [-0.2, 0) is 11.3 Å². The van der Waals surface area contributed by atoms with Gasteiger partial charge in [-0.25, -0.2) is 4.39 Å². The van der Waals surface area contributed by atoms with Gasteiger partial charge in [0.1, 0.15) is 5.82 Å². The van der Waals surface area contributed by atoms with Crippen LogP contribution in [0.5, 0.6) is 0 Å². The van der Waals surface area contributed by atoms with Crippen LogP contribution in [0.3, 0.4) is 0 Å². The summed E-state index contributed by atoms with van der Waals surface area (Å²) in [5.41, 5.74) is 1.54. The molecule has 0 saturated carbocycles. The molecule has 0 aliphatic heterocycles. The Morgan fingerprint density at radius 3 is 2.78 bits per heavy atom. The summed E-state index contributed by atoms with van der Waals surface area (Å²) in [6.45, 7) is 3.57. The second kappa shape index (κ2) is 7.66. The fraction of sp³-hybridized carbons (Fsp3) is 0.462. The fourth-order valence-corrected chi connectivity index (χ4v) is 1.42. The molecule has 1 aromatic rings. The van der Waals surface area contributed by atoms with Crippen LogP contribution in [0.15, 0.2) is 23.2 Å². The topological polar surface area (TPSA) is 45.7 Å². The van der Waals surface area contributed by atoms with Gasteiger partial charge < -0.3 is 15.4 Å². The van der Waals surface area contributed by atoms with Crippen LogP contribution in [0, 0.1) is 12.7 Å². The number of aryl methyl sites for hydroxylation is 1. The highest BCUT2D eigenvalue weighted by atomic mass is 19.1. The molecule has 2 N–H and O–H groups in total. The summed E-state index contributed by atoms with van der Waals surface area (Å²) in [5, 5.41) is 6.19. The smallest absolute Gasteiger partial charge is 0.191 e. The van der Waals surface area contributed by atoms with Crippen LogP contribution in [0.25, 0.3) is 0 Å². The van der Waals surface area contributed by atoms with Crippen molar-refractivity contribution in [3.63, 3.8) is 0 Å². The van der Waals surface area contributed by atoms with Crippen molar-refractivity contribution in [1.82, 2.24) is 10.6 Å². The Balaban J connectivity index is 2.45. The summed E-state index contributed by atoms with van der Waals surface area (Å²) in [7, 11) is 3.34. The molecule has 0 aromatic heterocycles. The number of methoxy groups -OCH3 is 1. The molecular weight excluding hydrogens is 233 g/mol. The lowest BCUT2D eigenvalue weighted by Crippen LogP contribution is -2.38. The third-order valence-corrected chi connectivity index (χ3v) is 2.52. The molecule has 0 heterocycles. The molecule has 0 radical (unpaired) electrons. The second-order valence-electron chi connectivity index (χ2n) is 3.93. The van der Waals surface area contributed by atoms with Gasteiger partial charge in [-0.15, -0.1) is 0 Å². The molecular formula is C13H20FN3O. The molecule has 18 heavy (non-hydrogen) atoms. The molecule has 0 fully saturated rings. The van der Waals surface area contributed by atoms with E-state index < -0.39 is 0 Å². The molecule has 4 nitrogen and oxygen atoms in total. The van der Waals surface area contributed by atoms with Crippen LogP contribution in [0.1, 0.15) is 11.1 Å². The average Bonchev–Trinajstić information content (AvgIpc) is 2.37. The summed E-state index contributed by atoms with van der Waals surface area (Å²) in [6, 6.07) is 5.20. The number of nitrogens with zero attached hydrogens (tertiary/aromatic N) is 1. The molecule has 0 saturated heterocycles. The molecule has 0 bridgehead atoms. The van der Waals surface area contributed by atoms with Crippen LogP contribution >= 0.6 is 0 Å². The quantitative estimate of drug-likeness (QED) is 0.474. The third kappa shape index (κ3) is 4.71. The van der Waals surface area contributed by atoms with Crippen molar-refractivity contribution in [2.75, 3.05) is 27.3 Å². The zero-order valence-corrected chi connectivity index (χ0v) is 11.1. The predicted octanol–water partition coefficient (Wildman–Crippen LogP) is 1.45. The summed E-state index contributed by atoms with van der Waals surface area (Å²) in [4.78, 5) is 4.06. The lowest BCUT2D eigenvalue weighted by molar-refractivity contribution is 0.203. The molecule has 0 unspecified atom stereocenters. The monoisotopic (exact) mass is 253 g/mol. The van der Waals surface area contributed by atoms with E-state index in [-0.39, 0.29) is 5.82 Å². The number of halogens is 1. The summed E-state index contributed by atoms with van der Waals surface area (Å²) < 4.78 is 18.3. The minimum Gasteiger partial charge on any atom is -0.383 e. The van der Waals surface area contributed by atoms with Gasteiger partial charge in [0, 0.05) is 27.2 Å². The summed E-state index contributed by atoms with van der Waals surface area (Å²) in [6.07, 6.45) is 0. The van der Waals surface area contributed by atoms with Gasteiger partial charge in [0.2, 0.25) is 0 Å². The van der Waals surface area contributed by atoms with E-state index >= 15 is 0 Å². The molecule has 1 rings (SSSR count). The van der Waals surface area contributed by atoms with E-state index in [0.29, 0.717) is 31.2 Å². The Bertz CT molecular complexity index is 407. The molecule has 100 valence electrons. The van der Waals surface area contributed by atoms with Crippen molar-refractivity contribution in [3.05, 3.63) is 35.1 Å². The number of benzene rings is 1. The van der Waals surface area contributed by atoms with Crippen molar-refractivity contribution < 1.29 is 9.13 Å². The number of rotatable bonds is 5. The van der Waals surface area contributed by atoms with E-state index in [9.17, 15) is 4.39 Å². The highest BCUT2D eigenvalue weighted by Gasteiger charge is 2.01. The highest BCUT2D eigenvalue weighted by Crippen LogP contribution is 2.08. The van der Waals surface area contributed by atoms with Gasteiger partial charge in [-0.2, -0.15) is 0 Å². The van der Waals surface area contributed by atoms with E-state index in [0.717, 1.165) is 5.56 Å². The molecule has 1 aromatic carbocycles. The standard InChI is InChI=1S/C13H20FN3O/c1-10-4-5-11(8-12(10)14)9-17-13(15-2)16-6-7-18-3/h4-5,8H,6-7,9H2,1-3H3,(H2,15,16,17). The first-order chi connectivity index (χ1) is 8.67. The zero-order valence-electron chi connectivity index (χ0n) is 11.1. The lowest BCUT2D eigenvalue weighted by atomic mass is 10.1. The first-order valence-corrected chi connectivity index (χ1v) is 5.86. The Labute approximate surface area is 107 Å². The molecule has 0 aliphatic rings. The first kappa shape index (κ1) is 14.4. The molecule has 0 spiro atoms. The van der Waals surface area contributed by atoms with E-state index in [4.69, 9.17) is 4.74 Å². The Morgan fingerprint density at radius 2 is 2.17 bits per heavy atom. The highest BCUT2D eigenvalue weighted by molar-refractivity contribution is 5.79. The second-order valence-corrected chi connectivity index (χ2v) is 3.93. The van der Waals surface area contributed by atoms with E-state index in [1.807, 2.05) is 6.07 Å². The normalized spacial score (nSPS) is 11.4. The Kier molecular flexibility index (Phi) is 6.14. The number of hydrogen-bond acceptors (Lipinski definition) is 2. The van der Waals surface area contributed by atoms with Crippen LogP contribution < -0.4 is 10.6 Å². The van der Waals surface area contributed by atoms with Gasteiger partial charge in [-0.05, 0) is 24.1 Å². The van der Waals surface area contributed by atoms with Crippen molar-refractivity contribution >= 4 is 5.96 Å². The number of guanidine groups is 1. The number of ether oxygens (including phenoxy) is 1. The van der Waals surface area contributed by atoms with Crippen molar-refractivity contribution in [2.24, 2.45) is 4.99 Å². The van der Waals surface area contributed by atoms with Crippen molar-refractivity contribution in [1.29, 1.82) is 0 Å². The van der Waals surface area contributed by atoms with Crippen molar-refractivity contribution in [3.8, 4) is 0 Å². The predicted molar refractivity (Wildman–Crippen MR) is 71.2 cm³/mol. The number of hydrogen-bond donors (Lipinski definition) is 2. The molecule has 5 heteroatoms. The van der Waals surface area contributed by atoms with Gasteiger partial charge >= 0.3 is 0 Å². The van der Waals surface area contributed by atoms with Gasteiger partial charge in [-0.1, -0.05) is 12.1 Å². The SMILES string of the molecule is CN=C(NCCOC)NCc1ccc(C)c(F)c1. The maximum atomic E-state index is 13.3. The Hall–Kier alpha value is -1.62. The number of aliphatic imine (C=N–C) groups is 1. The van der Waals surface area contributed by atoms with Crippen LogP contribution in [0.4, 0.5) is 4.39 Å². The van der Waals surface area contributed by atoms with Crippen LogP contribution in [0.2, 0.25) is 0 Å². The van der Waals surface area contributed by atoms with Gasteiger partial charge in [0.15, 0.2) is 5.96 Å². The number of nitrogens with one attached hydrogen (secondary N) is 2. The largest absolute Gasteiger partial charge is 0.383 e. The average molecular weight is 253 g/mol. The summed E-state index contributed by atoms with van der Waals surface area (Å²) >= 11 is 0. The van der Waals surface area contributed by atoms with Crippen molar-refractivity contribution in [2.45, 2.75) is 13.5 Å². The maximum Gasteiger partial charge on any atom is 0.191 e. The maximum absolute atomic E-state index is 13.3. The van der Waals surface area contributed by atoms with Crippen LogP contribution in [-0.4, -0.2) is 33.3 Å². The van der Waals surface area contributed by atoms with E-state index in [1.165, 1.54) is 6.07 Å². The minimum atomic E-state index is -0.184. The van der Waals surface area contributed by atoms with E-state index in [2.05, 4.69) is 15.6 Å². The molecule has 0 amide bonds. The molecule has 0 atom stereocenters. The van der Waals surface area contributed by atoms with Gasteiger partial charge in [-0.3, -0.25) is 4.99 Å². The third-order valence-electron chi connectivity index (χ3n) is 2.52. The lowest BCUT2D eigenvalue weighted by Gasteiger charge is -2.11. The van der Waals surface area contributed by atoms with Gasteiger partial charge in [0.05, 0.1) is 6.61 Å². The Morgan fingerprint density at radius 1 is 1.39 bits per heavy atom. The molecule has 0 aliphatic carbocycles. The first-order valence-electron chi connectivity index (χ1n) is 5.86. The zero-order chi connectivity index (χ0) is 13.4. The summed E-state index contributed by atoms with van der Waals surface area (Å²) in [5.74, 6) is 0.490. The fourth-order valence-electron chi connectivity index (χ4n) is 1.42. The van der Waals surface area contributed by atoms with E-state index in [1.54, 1.807) is 27.1 Å². The van der Waals surface area contributed by atoms with Gasteiger partial charge in [0.25, 0.3) is 0 Å². The minimum absolute atomic E-state index is 0.184.